The Kier molecular flexibility index (Phi) is 5.15. The van der Waals surface area contributed by atoms with E-state index in [4.69, 9.17) is 12.2 Å². The van der Waals surface area contributed by atoms with Crippen molar-refractivity contribution < 1.29 is 5.11 Å². The molecule has 32 heavy (non-hydrogen) atoms. The summed E-state index contributed by atoms with van der Waals surface area (Å²) in [6.07, 6.45) is 1.81. The van der Waals surface area contributed by atoms with Gasteiger partial charge >= 0.3 is 0 Å². The maximum Gasteiger partial charge on any atom is 0.174 e. The van der Waals surface area contributed by atoms with Crippen molar-refractivity contribution in [2.75, 3.05) is 4.90 Å². The van der Waals surface area contributed by atoms with Crippen molar-refractivity contribution in [3.8, 4) is 11.4 Å². The first kappa shape index (κ1) is 20.3. The van der Waals surface area contributed by atoms with E-state index in [9.17, 15) is 5.11 Å². The van der Waals surface area contributed by atoms with E-state index in [1.807, 2.05) is 60.8 Å². The van der Waals surface area contributed by atoms with Gasteiger partial charge in [0.25, 0.3) is 0 Å². The molecular weight excluding hydrogens is 416 g/mol. The summed E-state index contributed by atoms with van der Waals surface area (Å²) in [4.78, 5) is 6.81. The lowest BCUT2D eigenvalue weighted by Gasteiger charge is -2.28. The van der Waals surface area contributed by atoms with E-state index in [0.717, 1.165) is 34.0 Å². The van der Waals surface area contributed by atoms with Gasteiger partial charge in [-0.25, -0.2) is 0 Å². The lowest BCUT2D eigenvalue weighted by Crippen LogP contribution is -2.29. The van der Waals surface area contributed by atoms with E-state index in [2.05, 4.69) is 51.8 Å². The number of nitrogens with zero attached hydrogens (tertiary/aromatic N) is 3. The van der Waals surface area contributed by atoms with Crippen molar-refractivity contribution in [3.63, 3.8) is 0 Å². The van der Waals surface area contributed by atoms with E-state index in [1.54, 1.807) is 6.07 Å². The van der Waals surface area contributed by atoms with Crippen LogP contribution >= 0.6 is 12.2 Å². The summed E-state index contributed by atoms with van der Waals surface area (Å²) < 4.78 is 2.10. The van der Waals surface area contributed by atoms with Gasteiger partial charge in [-0.2, -0.15) is 0 Å². The molecule has 2 N–H and O–H groups in total. The molecule has 2 atom stereocenters. The van der Waals surface area contributed by atoms with Crippen molar-refractivity contribution >= 4 is 23.0 Å². The van der Waals surface area contributed by atoms with Crippen molar-refractivity contribution in [1.29, 1.82) is 0 Å². The first-order valence-corrected chi connectivity index (χ1v) is 11.0. The molecule has 0 unspecified atom stereocenters. The number of rotatable bonds is 4. The molecule has 2 aromatic carbocycles. The predicted octanol–water partition coefficient (Wildman–Crippen LogP) is 5.37. The minimum atomic E-state index is -0.109. The average molecular weight is 441 g/mol. The molecule has 1 aliphatic heterocycles. The third-order valence-electron chi connectivity index (χ3n) is 6.04. The minimum absolute atomic E-state index is 0.0920. The number of benzene rings is 2. The molecule has 0 spiro atoms. The fourth-order valence-electron chi connectivity index (χ4n) is 4.65. The summed E-state index contributed by atoms with van der Waals surface area (Å²) >= 11 is 5.81. The third-order valence-corrected chi connectivity index (χ3v) is 6.36. The van der Waals surface area contributed by atoms with Gasteiger partial charge in [-0.3, -0.25) is 4.98 Å². The fourth-order valence-corrected chi connectivity index (χ4v) is 4.99. The van der Waals surface area contributed by atoms with E-state index >= 15 is 0 Å². The number of anilines is 1. The van der Waals surface area contributed by atoms with Gasteiger partial charge in [-0.05, 0) is 74.1 Å². The van der Waals surface area contributed by atoms with Gasteiger partial charge in [0.15, 0.2) is 5.11 Å². The zero-order valence-electron chi connectivity index (χ0n) is 17.9. The molecule has 4 aromatic rings. The summed E-state index contributed by atoms with van der Waals surface area (Å²) in [5.74, 6) is 0.252. The highest BCUT2D eigenvalue weighted by molar-refractivity contribution is 7.80. The SMILES string of the molecule is Cc1cc([C@H]2[C@H](c3ccccn3)NC(=S)N2c2ccccc2)c(C)n1-c1ccccc1O. The molecule has 5 nitrogen and oxygen atoms in total. The number of pyridine rings is 1. The fraction of sp³-hybridized carbons (Fsp3) is 0.154. The molecule has 3 heterocycles. The topological polar surface area (TPSA) is 53.3 Å². The quantitative estimate of drug-likeness (QED) is 0.418. The van der Waals surface area contributed by atoms with Crippen LogP contribution < -0.4 is 10.2 Å². The van der Waals surface area contributed by atoms with Gasteiger partial charge in [0.05, 0.1) is 23.5 Å². The van der Waals surface area contributed by atoms with Crippen LogP contribution in [-0.4, -0.2) is 19.8 Å². The molecule has 160 valence electrons. The Morgan fingerprint density at radius 2 is 1.66 bits per heavy atom. The maximum absolute atomic E-state index is 10.5. The Hall–Kier alpha value is -3.64. The standard InChI is InChI=1S/C26H24N4OS/c1-17-16-20(18(2)29(17)22-13-6-7-14-23(22)31)25-24(21-12-8-9-15-27-21)28-26(32)30(25)19-10-4-3-5-11-19/h3-16,24-25,31H,1-2H3,(H,28,32)/t24-,25-/m0/s1. The maximum atomic E-state index is 10.5. The van der Waals surface area contributed by atoms with Gasteiger partial charge in [0.2, 0.25) is 0 Å². The van der Waals surface area contributed by atoms with Gasteiger partial charge in [0.1, 0.15) is 5.75 Å². The number of hydrogen-bond donors (Lipinski definition) is 2. The summed E-state index contributed by atoms with van der Waals surface area (Å²) in [6, 6.07) is 25.6. The average Bonchev–Trinajstić information content (AvgIpc) is 3.31. The number of para-hydroxylation sites is 3. The summed E-state index contributed by atoms with van der Waals surface area (Å²) in [5.41, 5.74) is 5.97. The number of phenolic OH excluding ortho intramolecular Hbond substituents is 1. The molecular formula is C26H24N4OS. The first-order valence-electron chi connectivity index (χ1n) is 10.6. The van der Waals surface area contributed by atoms with Crippen molar-refractivity contribution in [2.45, 2.75) is 25.9 Å². The number of aromatic hydroxyl groups is 1. The van der Waals surface area contributed by atoms with E-state index in [-0.39, 0.29) is 17.8 Å². The molecule has 6 heteroatoms. The number of nitrogens with one attached hydrogen (secondary N) is 1. The van der Waals surface area contributed by atoms with Crippen LogP contribution in [-0.2, 0) is 0 Å². The van der Waals surface area contributed by atoms with Gasteiger partial charge in [-0.15, -0.1) is 0 Å². The molecule has 2 aromatic heterocycles. The zero-order valence-corrected chi connectivity index (χ0v) is 18.8. The van der Waals surface area contributed by atoms with Gasteiger partial charge in [0, 0.05) is 23.3 Å². The molecule has 1 fully saturated rings. The Bertz CT molecular complexity index is 1270. The lowest BCUT2D eigenvalue weighted by molar-refractivity contribution is 0.471. The Morgan fingerprint density at radius 1 is 0.938 bits per heavy atom. The Labute approximate surface area is 193 Å². The number of aromatic nitrogens is 2. The highest BCUT2D eigenvalue weighted by atomic mass is 32.1. The van der Waals surface area contributed by atoms with Gasteiger partial charge < -0.3 is 19.9 Å². The van der Waals surface area contributed by atoms with Crippen LogP contribution in [0.1, 0.15) is 34.7 Å². The second-order valence-corrected chi connectivity index (χ2v) is 8.37. The summed E-state index contributed by atoms with van der Waals surface area (Å²) in [5, 5.41) is 14.7. The molecule has 1 aliphatic rings. The molecule has 0 saturated carbocycles. The number of phenols is 1. The Balaban J connectivity index is 1.70. The van der Waals surface area contributed by atoms with Crippen molar-refractivity contribution in [2.24, 2.45) is 0 Å². The molecule has 0 aliphatic carbocycles. The summed E-state index contributed by atoms with van der Waals surface area (Å²) in [6.45, 7) is 4.15. The van der Waals surface area contributed by atoms with Crippen LogP contribution in [0.2, 0.25) is 0 Å². The van der Waals surface area contributed by atoms with Crippen molar-refractivity contribution in [3.05, 3.63) is 108 Å². The van der Waals surface area contributed by atoms with E-state index in [0.29, 0.717) is 5.11 Å². The highest BCUT2D eigenvalue weighted by Crippen LogP contribution is 2.44. The second-order valence-electron chi connectivity index (χ2n) is 7.98. The normalized spacial score (nSPS) is 18.1. The number of aryl methyl sites for hydroxylation is 1. The smallest absolute Gasteiger partial charge is 0.174 e. The van der Waals surface area contributed by atoms with Crippen LogP contribution in [0.25, 0.3) is 5.69 Å². The monoisotopic (exact) mass is 440 g/mol. The molecule has 5 rings (SSSR count). The molecule has 1 saturated heterocycles. The van der Waals surface area contributed by atoms with E-state index in [1.165, 1.54) is 0 Å². The first-order chi connectivity index (χ1) is 15.6. The number of thiocarbonyl (C=S) groups is 1. The third kappa shape index (κ3) is 3.33. The van der Waals surface area contributed by atoms with Crippen LogP contribution in [0.15, 0.2) is 85.1 Å². The summed E-state index contributed by atoms with van der Waals surface area (Å²) in [7, 11) is 0. The second kappa shape index (κ2) is 8.13. The minimum Gasteiger partial charge on any atom is -0.506 e. The highest BCUT2D eigenvalue weighted by Gasteiger charge is 2.42. The Morgan fingerprint density at radius 3 is 2.38 bits per heavy atom. The van der Waals surface area contributed by atoms with Crippen LogP contribution in [0.4, 0.5) is 5.69 Å². The lowest BCUT2D eigenvalue weighted by atomic mass is 9.96. The van der Waals surface area contributed by atoms with Crippen LogP contribution in [0.5, 0.6) is 5.75 Å². The van der Waals surface area contributed by atoms with E-state index < -0.39 is 0 Å². The molecule has 0 amide bonds. The van der Waals surface area contributed by atoms with Gasteiger partial charge in [-0.1, -0.05) is 36.4 Å². The largest absolute Gasteiger partial charge is 0.506 e. The number of hydrogen-bond acceptors (Lipinski definition) is 3. The van der Waals surface area contributed by atoms with Crippen LogP contribution in [0, 0.1) is 13.8 Å². The molecule has 0 radical (unpaired) electrons. The predicted molar refractivity (Wildman–Crippen MR) is 131 cm³/mol. The van der Waals surface area contributed by atoms with Crippen LogP contribution in [0.3, 0.4) is 0 Å². The molecule has 0 bridgehead atoms. The zero-order chi connectivity index (χ0) is 22.2. The van der Waals surface area contributed by atoms with Crippen molar-refractivity contribution in [1.82, 2.24) is 14.9 Å².